The van der Waals surface area contributed by atoms with Crippen molar-refractivity contribution in [2.24, 2.45) is 0 Å². The highest BCUT2D eigenvalue weighted by Crippen LogP contribution is 2.33. The molecule has 0 atom stereocenters. The normalized spacial score (nSPS) is 9.11. The molecule has 0 spiro atoms. The number of aromatic nitrogens is 4. The summed E-state index contributed by atoms with van der Waals surface area (Å²) in [6.45, 7) is 12.0. The van der Waals surface area contributed by atoms with Crippen molar-refractivity contribution in [3.8, 4) is 22.5 Å². The van der Waals surface area contributed by atoms with E-state index in [4.69, 9.17) is 5.10 Å². The highest BCUT2D eigenvalue weighted by Gasteiger charge is 2.16. The van der Waals surface area contributed by atoms with Gasteiger partial charge in [0, 0.05) is 18.0 Å². The summed E-state index contributed by atoms with van der Waals surface area (Å²) >= 11 is 0. The predicted molar refractivity (Wildman–Crippen MR) is 116 cm³/mol. The Kier molecular flexibility index (Phi) is 10.1. The number of hydrogen-bond donors (Lipinski definition) is 0. The van der Waals surface area contributed by atoms with E-state index in [0.717, 1.165) is 28.0 Å². The largest absolute Gasteiger partial charge is 0.245 e. The number of fused-ring (bicyclic) bond motifs is 1. The fourth-order valence-corrected chi connectivity index (χ4v) is 2.49. The SMILES string of the molecule is CC.CC.CC.c1ccc(-c2nn3ccccc3c2-c2ccncn2)cc1. The average Bonchev–Trinajstić information content (AvgIpc) is 3.19. The maximum atomic E-state index is 4.72. The smallest absolute Gasteiger partial charge is 0.116 e. The molecule has 0 N–H and O–H groups in total. The summed E-state index contributed by atoms with van der Waals surface area (Å²) in [4.78, 5) is 8.39. The van der Waals surface area contributed by atoms with Crippen molar-refractivity contribution in [2.75, 3.05) is 0 Å². The van der Waals surface area contributed by atoms with E-state index < -0.39 is 0 Å². The van der Waals surface area contributed by atoms with Crippen molar-refractivity contribution in [1.29, 1.82) is 0 Å². The highest BCUT2D eigenvalue weighted by atomic mass is 15.2. The molecule has 3 aromatic heterocycles. The molecule has 3 heterocycles. The molecule has 142 valence electrons. The van der Waals surface area contributed by atoms with Crippen LogP contribution in [0.1, 0.15) is 41.5 Å². The van der Waals surface area contributed by atoms with Crippen molar-refractivity contribution in [2.45, 2.75) is 41.5 Å². The lowest BCUT2D eigenvalue weighted by Gasteiger charge is -2.02. The first-order valence-electron chi connectivity index (χ1n) is 9.72. The van der Waals surface area contributed by atoms with Gasteiger partial charge in [0.05, 0.1) is 16.8 Å². The zero-order valence-corrected chi connectivity index (χ0v) is 17.2. The molecule has 0 aliphatic carbocycles. The molecule has 0 amide bonds. The van der Waals surface area contributed by atoms with Crippen LogP contribution in [-0.4, -0.2) is 19.6 Å². The van der Waals surface area contributed by atoms with Crippen LogP contribution in [0.25, 0.3) is 28.0 Å². The molecule has 0 aliphatic rings. The van der Waals surface area contributed by atoms with E-state index >= 15 is 0 Å². The van der Waals surface area contributed by atoms with E-state index in [0.29, 0.717) is 0 Å². The van der Waals surface area contributed by atoms with Crippen molar-refractivity contribution in [1.82, 2.24) is 19.6 Å². The first-order chi connectivity index (χ1) is 13.4. The van der Waals surface area contributed by atoms with E-state index in [9.17, 15) is 0 Å². The van der Waals surface area contributed by atoms with Crippen LogP contribution in [0.5, 0.6) is 0 Å². The third kappa shape index (κ3) is 5.23. The average molecular weight is 363 g/mol. The van der Waals surface area contributed by atoms with Crippen molar-refractivity contribution in [3.63, 3.8) is 0 Å². The van der Waals surface area contributed by atoms with Crippen molar-refractivity contribution >= 4 is 5.52 Å². The second kappa shape index (κ2) is 12.4. The number of benzene rings is 1. The Morgan fingerprint density at radius 3 is 2.04 bits per heavy atom. The van der Waals surface area contributed by atoms with Crippen LogP contribution >= 0.6 is 0 Å². The summed E-state index contributed by atoms with van der Waals surface area (Å²) in [6.07, 6.45) is 5.27. The van der Waals surface area contributed by atoms with Crippen LogP contribution < -0.4 is 0 Å². The van der Waals surface area contributed by atoms with Gasteiger partial charge < -0.3 is 0 Å². The second-order valence-corrected chi connectivity index (χ2v) is 4.71. The van der Waals surface area contributed by atoms with Crippen LogP contribution in [0, 0.1) is 0 Å². The molecule has 1 aromatic carbocycles. The second-order valence-electron chi connectivity index (χ2n) is 4.71. The van der Waals surface area contributed by atoms with Gasteiger partial charge in [-0.15, -0.1) is 0 Å². The summed E-state index contributed by atoms with van der Waals surface area (Å²) in [5.41, 5.74) is 4.96. The number of pyridine rings is 1. The minimum Gasteiger partial charge on any atom is -0.245 e. The standard InChI is InChI=1S/C17H12N4.3C2H6/c1-2-6-13(7-3-1)17-16(14-9-10-18-12-19-14)15-8-4-5-11-21(15)20-17;3*1-2/h1-12H;3*1-2H3. The van der Waals surface area contributed by atoms with Gasteiger partial charge in [-0.3, -0.25) is 0 Å². The number of hydrogen-bond acceptors (Lipinski definition) is 3. The summed E-state index contributed by atoms with van der Waals surface area (Å²) in [5.74, 6) is 0. The third-order valence-corrected chi connectivity index (χ3v) is 3.43. The lowest BCUT2D eigenvalue weighted by molar-refractivity contribution is 0.966. The molecular weight excluding hydrogens is 332 g/mol. The quantitative estimate of drug-likeness (QED) is 0.407. The zero-order chi connectivity index (χ0) is 20.1. The Hall–Kier alpha value is -3.01. The molecule has 0 unspecified atom stereocenters. The maximum Gasteiger partial charge on any atom is 0.116 e. The van der Waals surface area contributed by atoms with Gasteiger partial charge in [0.1, 0.15) is 12.0 Å². The summed E-state index contributed by atoms with van der Waals surface area (Å²) in [5, 5.41) is 4.72. The zero-order valence-electron chi connectivity index (χ0n) is 17.2. The lowest BCUT2D eigenvalue weighted by atomic mass is 10.0. The van der Waals surface area contributed by atoms with E-state index in [1.807, 2.05) is 88.7 Å². The molecule has 4 nitrogen and oxygen atoms in total. The molecular formula is C23H30N4. The lowest BCUT2D eigenvalue weighted by Crippen LogP contribution is -1.86. The minimum absolute atomic E-state index is 0.880. The van der Waals surface area contributed by atoms with E-state index in [2.05, 4.69) is 28.2 Å². The van der Waals surface area contributed by atoms with Gasteiger partial charge in [-0.25, -0.2) is 14.5 Å². The van der Waals surface area contributed by atoms with Crippen LogP contribution in [0.4, 0.5) is 0 Å². The van der Waals surface area contributed by atoms with Gasteiger partial charge in [-0.1, -0.05) is 77.9 Å². The Labute approximate surface area is 162 Å². The summed E-state index contributed by atoms with van der Waals surface area (Å²) in [7, 11) is 0. The molecule has 0 saturated heterocycles. The number of rotatable bonds is 2. The summed E-state index contributed by atoms with van der Waals surface area (Å²) < 4.78 is 1.89. The van der Waals surface area contributed by atoms with Crippen LogP contribution in [0.15, 0.2) is 73.3 Å². The molecule has 0 radical (unpaired) electrons. The molecule has 0 fully saturated rings. The Morgan fingerprint density at radius 2 is 1.41 bits per heavy atom. The Bertz CT molecular complexity index is 884. The Balaban J connectivity index is 0.000000556. The third-order valence-electron chi connectivity index (χ3n) is 3.43. The van der Waals surface area contributed by atoms with Crippen molar-refractivity contribution in [3.05, 3.63) is 73.3 Å². The van der Waals surface area contributed by atoms with Gasteiger partial charge in [0.15, 0.2) is 0 Å². The molecule has 4 aromatic rings. The Morgan fingerprint density at radius 1 is 0.741 bits per heavy atom. The van der Waals surface area contributed by atoms with E-state index in [1.54, 1.807) is 12.5 Å². The molecule has 0 aliphatic heterocycles. The van der Waals surface area contributed by atoms with Crippen molar-refractivity contribution < 1.29 is 0 Å². The molecule has 0 saturated carbocycles. The fourth-order valence-electron chi connectivity index (χ4n) is 2.49. The number of nitrogens with zero attached hydrogens (tertiary/aromatic N) is 4. The highest BCUT2D eigenvalue weighted by molar-refractivity contribution is 5.90. The molecule has 27 heavy (non-hydrogen) atoms. The predicted octanol–water partition coefficient (Wildman–Crippen LogP) is 6.54. The van der Waals surface area contributed by atoms with Gasteiger partial charge >= 0.3 is 0 Å². The van der Waals surface area contributed by atoms with Crippen LogP contribution in [0.2, 0.25) is 0 Å². The maximum absolute atomic E-state index is 4.72. The molecule has 4 rings (SSSR count). The summed E-state index contributed by atoms with van der Waals surface area (Å²) in [6, 6.07) is 18.1. The van der Waals surface area contributed by atoms with Gasteiger partial charge in [-0.05, 0) is 18.2 Å². The van der Waals surface area contributed by atoms with Gasteiger partial charge in [-0.2, -0.15) is 5.10 Å². The topological polar surface area (TPSA) is 43.1 Å². The minimum atomic E-state index is 0.880. The van der Waals surface area contributed by atoms with Gasteiger partial charge in [0.2, 0.25) is 0 Å². The first kappa shape index (κ1) is 22.0. The van der Waals surface area contributed by atoms with Gasteiger partial charge in [0.25, 0.3) is 0 Å². The van der Waals surface area contributed by atoms with Crippen LogP contribution in [0.3, 0.4) is 0 Å². The van der Waals surface area contributed by atoms with E-state index in [-0.39, 0.29) is 0 Å². The first-order valence-corrected chi connectivity index (χ1v) is 9.72. The fraction of sp³-hybridized carbons (Fsp3) is 0.261. The van der Waals surface area contributed by atoms with E-state index in [1.165, 1.54) is 0 Å². The molecule has 0 bridgehead atoms. The molecule has 4 heteroatoms. The monoisotopic (exact) mass is 362 g/mol. The van der Waals surface area contributed by atoms with Crippen LogP contribution in [-0.2, 0) is 0 Å².